The number of nitrogens with one attached hydrogen (secondary N) is 1. The van der Waals surface area contributed by atoms with Gasteiger partial charge in [0.2, 0.25) is 0 Å². The van der Waals surface area contributed by atoms with Crippen molar-refractivity contribution in [2.45, 2.75) is 19.3 Å². The minimum atomic E-state index is -0.0771. The molecule has 0 radical (unpaired) electrons. The van der Waals surface area contributed by atoms with E-state index in [1.54, 1.807) is 6.07 Å². The van der Waals surface area contributed by atoms with Crippen LogP contribution in [0.15, 0.2) is 12.4 Å². The maximum absolute atomic E-state index is 12.4. The Labute approximate surface area is 130 Å². The second-order valence-corrected chi connectivity index (χ2v) is 6.37. The highest BCUT2D eigenvalue weighted by molar-refractivity contribution is 5.88. The lowest BCUT2D eigenvalue weighted by Gasteiger charge is -2.33. The molecule has 3 heterocycles. The molecule has 1 aromatic rings. The summed E-state index contributed by atoms with van der Waals surface area (Å²) in [5, 5.41) is 2.88. The van der Waals surface area contributed by atoms with Crippen LogP contribution in [0.3, 0.4) is 0 Å². The van der Waals surface area contributed by atoms with Crippen molar-refractivity contribution in [3.05, 3.63) is 12.4 Å². The van der Waals surface area contributed by atoms with E-state index in [0.29, 0.717) is 5.82 Å². The van der Waals surface area contributed by atoms with E-state index in [1.807, 2.05) is 23.9 Å². The van der Waals surface area contributed by atoms with Crippen LogP contribution in [-0.2, 0) is 4.74 Å². The highest BCUT2D eigenvalue weighted by atomic mass is 16.5. The number of likely N-dealkylation sites (tertiary alicyclic amines) is 1. The van der Waals surface area contributed by atoms with Crippen molar-refractivity contribution >= 4 is 17.7 Å². The fraction of sp³-hybridized carbons (Fsp3) is 0.667. The Bertz CT molecular complexity index is 542. The van der Waals surface area contributed by atoms with E-state index in [-0.39, 0.29) is 11.4 Å². The minimum Gasteiger partial charge on any atom is -0.381 e. The van der Waals surface area contributed by atoms with Gasteiger partial charge >= 0.3 is 6.03 Å². The summed E-state index contributed by atoms with van der Waals surface area (Å²) in [5.41, 5.74) is 0.260. The van der Waals surface area contributed by atoms with Gasteiger partial charge < -0.3 is 14.5 Å². The first-order chi connectivity index (χ1) is 10.6. The van der Waals surface area contributed by atoms with Crippen molar-refractivity contribution in [3.8, 4) is 0 Å². The van der Waals surface area contributed by atoms with Crippen LogP contribution in [-0.4, -0.2) is 61.3 Å². The predicted octanol–water partition coefficient (Wildman–Crippen LogP) is 1.58. The summed E-state index contributed by atoms with van der Waals surface area (Å²) in [6.45, 7) is 3.24. The first-order valence-electron chi connectivity index (χ1n) is 7.71. The third-order valence-corrected chi connectivity index (χ3v) is 4.62. The van der Waals surface area contributed by atoms with Gasteiger partial charge in [-0.2, -0.15) is 0 Å². The number of rotatable bonds is 2. The summed E-state index contributed by atoms with van der Waals surface area (Å²) in [6, 6.07) is 1.70. The average molecular weight is 305 g/mol. The lowest BCUT2D eigenvalue weighted by atomic mass is 9.80. The summed E-state index contributed by atoms with van der Waals surface area (Å²) in [6.07, 6.45) is 4.63. The molecule has 22 heavy (non-hydrogen) atoms. The molecule has 120 valence electrons. The van der Waals surface area contributed by atoms with Crippen LogP contribution in [0.5, 0.6) is 0 Å². The number of ether oxygens (including phenoxy) is 1. The molecular weight excluding hydrogens is 282 g/mol. The number of urea groups is 1. The van der Waals surface area contributed by atoms with Crippen molar-refractivity contribution in [2.75, 3.05) is 50.6 Å². The fourth-order valence-electron chi connectivity index (χ4n) is 3.17. The van der Waals surface area contributed by atoms with Crippen molar-refractivity contribution in [1.29, 1.82) is 0 Å². The molecule has 2 aliphatic heterocycles. The minimum absolute atomic E-state index is 0.0771. The zero-order valence-electron chi connectivity index (χ0n) is 13.2. The van der Waals surface area contributed by atoms with E-state index in [4.69, 9.17) is 4.74 Å². The monoisotopic (exact) mass is 305 g/mol. The Kier molecular flexibility index (Phi) is 4.15. The normalized spacial score (nSPS) is 20.2. The zero-order valence-corrected chi connectivity index (χ0v) is 13.2. The van der Waals surface area contributed by atoms with Gasteiger partial charge in [-0.05, 0) is 24.7 Å². The highest BCUT2D eigenvalue weighted by Crippen LogP contribution is 2.39. The summed E-state index contributed by atoms with van der Waals surface area (Å²) in [5.74, 6) is 1.31. The average Bonchev–Trinajstić information content (AvgIpc) is 2.92. The molecule has 3 rings (SSSR count). The van der Waals surface area contributed by atoms with Crippen molar-refractivity contribution in [1.82, 2.24) is 14.9 Å². The Morgan fingerprint density at radius 1 is 1.32 bits per heavy atom. The molecule has 2 aliphatic rings. The largest absolute Gasteiger partial charge is 0.381 e. The molecule has 7 heteroatoms. The van der Waals surface area contributed by atoms with Crippen molar-refractivity contribution in [2.24, 2.45) is 5.41 Å². The van der Waals surface area contributed by atoms with Crippen LogP contribution in [0.4, 0.5) is 16.4 Å². The highest BCUT2D eigenvalue weighted by Gasteiger charge is 2.40. The van der Waals surface area contributed by atoms with Gasteiger partial charge in [-0.1, -0.05) is 0 Å². The SMILES string of the molecule is CN(C)c1cc(NC(=O)N2CCC3(CCOCC3)C2)ncn1. The second kappa shape index (κ2) is 6.08. The van der Waals surface area contributed by atoms with Crippen LogP contribution in [0.1, 0.15) is 19.3 Å². The van der Waals surface area contributed by atoms with E-state index < -0.39 is 0 Å². The summed E-state index contributed by atoms with van der Waals surface area (Å²) in [4.78, 5) is 24.5. The number of aromatic nitrogens is 2. The van der Waals surface area contributed by atoms with Gasteiger partial charge in [0.05, 0.1) is 0 Å². The summed E-state index contributed by atoms with van der Waals surface area (Å²) >= 11 is 0. The van der Waals surface area contributed by atoms with E-state index >= 15 is 0 Å². The van der Waals surface area contributed by atoms with E-state index in [2.05, 4.69) is 15.3 Å². The molecule has 1 spiro atoms. The van der Waals surface area contributed by atoms with Gasteiger partial charge in [-0.3, -0.25) is 5.32 Å². The van der Waals surface area contributed by atoms with Crippen LogP contribution in [0.2, 0.25) is 0 Å². The molecule has 0 bridgehead atoms. The van der Waals surface area contributed by atoms with Crippen LogP contribution in [0.25, 0.3) is 0 Å². The summed E-state index contributed by atoms with van der Waals surface area (Å²) in [7, 11) is 3.81. The van der Waals surface area contributed by atoms with Crippen LogP contribution >= 0.6 is 0 Å². The second-order valence-electron chi connectivity index (χ2n) is 6.37. The third kappa shape index (κ3) is 3.14. The molecule has 2 amide bonds. The van der Waals surface area contributed by atoms with E-state index in [1.165, 1.54) is 6.33 Å². The van der Waals surface area contributed by atoms with Gasteiger partial charge in [-0.15, -0.1) is 0 Å². The number of hydrogen-bond acceptors (Lipinski definition) is 5. The topological polar surface area (TPSA) is 70.6 Å². The molecule has 2 saturated heterocycles. The maximum atomic E-state index is 12.4. The summed E-state index contributed by atoms with van der Waals surface area (Å²) < 4.78 is 5.44. The molecule has 0 atom stereocenters. The number of carbonyl (C=O) groups excluding carboxylic acids is 1. The number of carbonyl (C=O) groups is 1. The molecule has 2 fully saturated rings. The maximum Gasteiger partial charge on any atom is 0.323 e. The molecule has 0 aliphatic carbocycles. The Hall–Kier alpha value is -1.89. The van der Waals surface area contributed by atoms with Gasteiger partial charge in [-0.25, -0.2) is 14.8 Å². The lowest BCUT2D eigenvalue weighted by molar-refractivity contribution is 0.0211. The molecule has 1 N–H and O–H groups in total. The van der Waals surface area contributed by atoms with Gasteiger partial charge in [0, 0.05) is 46.5 Å². The Morgan fingerprint density at radius 3 is 2.82 bits per heavy atom. The molecule has 0 aromatic carbocycles. The lowest BCUT2D eigenvalue weighted by Crippen LogP contribution is -2.37. The number of amides is 2. The molecule has 0 saturated carbocycles. The van der Waals surface area contributed by atoms with E-state index in [9.17, 15) is 4.79 Å². The first kappa shape index (κ1) is 15.0. The standard InChI is InChI=1S/C15H23N5O2/c1-19(2)13-9-12(16-11-17-13)18-14(21)20-6-3-15(10-20)4-7-22-8-5-15/h9,11H,3-8,10H2,1-2H3,(H,16,17,18,21). The quantitative estimate of drug-likeness (QED) is 0.898. The van der Waals surface area contributed by atoms with E-state index in [0.717, 1.165) is 51.4 Å². The molecule has 1 aromatic heterocycles. The first-order valence-corrected chi connectivity index (χ1v) is 7.71. The number of nitrogens with zero attached hydrogens (tertiary/aromatic N) is 4. The van der Waals surface area contributed by atoms with Gasteiger partial charge in [0.25, 0.3) is 0 Å². The number of hydrogen-bond donors (Lipinski definition) is 1. The van der Waals surface area contributed by atoms with Crippen LogP contribution < -0.4 is 10.2 Å². The Balaban J connectivity index is 1.62. The van der Waals surface area contributed by atoms with Gasteiger partial charge in [0.15, 0.2) is 0 Å². The predicted molar refractivity (Wildman–Crippen MR) is 84.1 cm³/mol. The van der Waals surface area contributed by atoms with Crippen molar-refractivity contribution < 1.29 is 9.53 Å². The Morgan fingerprint density at radius 2 is 2.09 bits per heavy atom. The van der Waals surface area contributed by atoms with Crippen molar-refractivity contribution in [3.63, 3.8) is 0 Å². The van der Waals surface area contributed by atoms with Crippen LogP contribution in [0, 0.1) is 5.41 Å². The fourth-order valence-corrected chi connectivity index (χ4v) is 3.17. The molecule has 7 nitrogen and oxygen atoms in total. The third-order valence-electron chi connectivity index (χ3n) is 4.62. The number of anilines is 2. The molecule has 0 unspecified atom stereocenters. The zero-order chi connectivity index (χ0) is 15.6. The smallest absolute Gasteiger partial charge is 0.323 e. The molecular formula is C15H23N5O2. The van der Waals surface area contributed by atoms with Gasteiger partial charge in [0.1, 0.15) is 18.0 Å².